The Hall–Kier alpha value is -4.36. The lowest BCUT2D eigenvalue weighted by molar-refractivity contribution is 0.287. The van der Waals surface area contributed by atoms with Crippen LogP contribution in [0.25, 0.3) is 11.1 Å². The summed E-state index contributed by atoms with van der Waals surface area (Å²) >= 11 is 0. The fourth-order valence-corrected chi connectivity index (χ4v) is 5.43. The lowest BCUT2D eigenvalue weighted by Crippen LogP contribution is -2.00. The first kappa shape index (κ1) is 34.5. The minimum Gasteiger partial charge on any atom is -0.494 e. The van der Waals surface area contributed by atoms with Gasteiger partial charge >= 0.3 is 0 Å². The number of benzene rings is 4. The Bertz CT molecular complexity index is 1450. The third kappa shape index (κ3) is 12.9. The number of ether oxygens (including phenoxy) is 2. The minimum absolute atomic E-state index is 0.673. The second-order valence-electron chi connectivity index (χ2n) is 12.0. The van der Waals surface area contributed by atoms with Crippen LogP contribution in [0.15, 0.2) is 102 Å². The summed E-state index contributed by atoms with van der Waals surface area (Å²) in [6, 6.07) is 34.8. The van der Waals surface area contributed by atoms with Gasteiger partial charge in [0.1, 0.15) is 11.5 Å². The fourth-order valence-electron chi connectivity index (χ4n) is 5.43. The molecule has 0 saturated carbocycles. The van der Waals surface area contributed by atoms with Crippen LogP contribution in [-0.4, -0.2) is 19.4 Å². The van der Waals surface area contributed by atoms with Crippen molar-refractivity contribution >= 4 is 11.9 Å². The zero-order chi connectivity index (χ0) is 32.1. The molecule has 4 aromatic rings. The third-order valence-electron chi connectivity index (χ3n) is 8.28. The molecule has 0 atom stereocenters. The average molecular weight is 615 g/mol. The largest absolute Gasteiger partial charge is 0.494 e. The van der Waals surface area contributed by atoms with E-state index in [1.54, 1.807) is 0 Å². The molecule has 0 aliphatic carbocycles. The van der Waals surface area contributed by atoms with Crippen LogP contribution in [0.1, 0.15) is 101 Å². The van der Waals surface area contributed by atoms with E-state index in [2.05, 4.69) is 66.5 Å². The van der Waals surface area contributed by atoms with Crippen molar-refractivity contribution in [3.05, 3.63) is 114 Å². The van der Waals surface area contributed by atoms with E-state index < -0.39 is 0 Å². The molecule has 240 valence electrons. The van der Waals surface area contributed by atoms with E-state index in [1.807, 2.05) is 54.7 Å². The summed E-state index contributed by atoms with van der Waals surface area (Å²) in [7, 11) is 0. The highest BCUT2D eigenvalue weighted by molar-refractivity contribution is 5.82. The van der Waals surface area contributed by atoms with E-state index in [0.29, 0.717) is 12.2 Å². The number of aryl methyl sites for hydroxylation is 1. The number of hydrogen-bond acceptors (Lipinski definition) is 4. The normalized spacial score (nSPS) is 11.0. The Morgan fingerprint density at radius 1 is 0.565 bits per heavy atom. The van der Waals surface area contributed by atoms with Crippen LogP contribution in [0.5, 0.6) is 11.5 Å². The molecule has 4 nitrogen and oxygen atoms in total. The van der Waals surface area contributed by atoms with Crippen molar-refractivity contribution in [1.29, 1.82) is 5.26 Å². The highest BCUT2D eigenvalue weighted by atomic mass is 16.5. The summed E-state index contributed by atoms with van der Waals surface area (Å²) in [5, 5.41) is 8.96. The van der Waals surface area contributed by atoms with Gasteiger partial charge in [-0.05, 0) is 121 Å². The number of nitriles is 1. The number of rotatable bonds is 21. The highest BCUT2D eigenvalue weighted by Gasteiger charge is 2.01. The molecule has 0 aliphatic rings. The van der Waals surface area contributed by atoms with E-state index in [0.717, 1.165) is 72.6 Å². The zero-order valence-electron chi connectivity index (χ0n) is 27.6. The number of hydrogen-bond donors (Lipinski definition) is 0. The van der Waals surface area contributed by atoms with Crippen molar-refractivity contribution < 1.29 is 9.47 Å². The number of aliphatic imine (C=N–C) groups is 1. The number of nitrogens with zero attached hydrogens (tertiary/aromatic N) is 2. The monoisotopic (exact) mass is 614 g/mol. The molecular weight excluding hydrogens is 564 g/mol. The van der Waals surface area contributed by atoms with Crippen molar-refractivity contribution in [2.45, 2.75) is 90.4 Å². The van der Waals surface area contributed by atoms with Crippen LogP contribution < -0.4 is 9.47 Å². The molecule has 4 aromatic carbocycles. The summed E-state index contributed by atoms with van der Waals surface area (Å²) in [6.07, 6.45) is 18.2. The first-order valence-corrected chi connectivity index (χ1v) is 17.3. The SMILES string of the molecule is CCCCCCCCCCc1ccc(N=Cc2ccc(OCCCCCCOc3ccc(-c4ccc(C#N)cc4)cc3)cc2)cc1. The Labute approximate surface area is 277 Å². The van der Waals surface area contributed by atoms with Crippen LogP contribution in [0.4, 0.5) is 5.69 Å². The van der Waals surface area contributed by atoms with Crippen molar-refractivity contribution in [2.24, 2.45) is 4.99 Å². The van der Waals surface area contributed by atoms with Crippen molar-refractivity contribution in [1.82, 2.24) is 0 Å². The van der Waals surface area contributed by atoms with Gasteiger partial charge in [0.05, 0.1) is 30.5 Å². The summed E-state index contributed by atoms with van der Waals surface area (Å²) in [5.41, 5.74) is 6.35. The van der Waals surface area contributed by atoms with E-state index >= 15 is 0 Å². The second kappa shape index (κ2) is 20.6. The molecular formula is C42H50N2O2. The maximum Gasteiger partial charge on any atom is 0.119 e. The standard InChI is InChI=1S/C42H50N2O2/c1-2-3-4-5-6-7-8-11-14-35-17-25-40(26-18-35)44-34-37-19-27-41(28-20-37)45-31-12-9-10-13-32-46-42-29-23-39(24-30-42)38-21-15-36(33-43)16-22-38/h15-30,34H,2-14,31-32H2,1H3. The molecule has 0 unspecified atom stereocenters. The van der Waals surface area contributed by atoms with E-state index in [4.69, 9.17) is 14.7 Å². The predicted octanol–water partition coefficient (Wildman–Crippen LogP) is 11.7. The Morgan fingerprint density at radius 2 is 1.07 bits per heavy atom. The van der Waals surface area contributed by atoms with Crippen LogP contribution >= 0.6 is 0 Å². The molecule has 0 fully saturated rings. The minimum atomic E-state index is 0.673. The van der Waals surface area contributed by atoms with Gasteiger partial charge in [-0.3, -0.25) is 4.99 Å². The molecule has 0 spiro atoms. The van der Waals surface area contributed by atoms with Crippen LogP contribution in [0.3, 0.4) is 0 Å². The molecule has 0 heterocycles. The Morgan fingerprint density at radius 3 is 1.63 bits per heavy atom. The maximum absolute atomic E-state index is 8.96. The second-order valence-corrected chi connectivity index (χ2v) is 12.0. The summed E-state index contributed by atoms with van der Waals surface area (Å²) in [5.74, 6) is 1.78. The van der Waals surface area contributed by atoms with Gasteiger partial charge < -0.3 is 9.47 Å². The lowest BCUT2D eigenvalue weighted by Gasteiger charge is -2.08. The first-order valence-electron chi connectivity index (χ1n) is 17.3. The van der Waals surface area contributed by atoms with Gasteiger partial charge in [-0.25, -0.2) is 0 Å². The zero-order valence-corrected chi connectivity index (χ0v) is 27.6. The third-order valence-corrected chi connectivity index (χ3v) is 8.28. The summed E-state index contributed by atoms with van der Waals surface area (Å²) in [6.45, 7) is 3.71. The van der Waals surface area contributed by atoms with Crippen LogP contribution in [-0.2, 0) is 6.42 Å². The number of unbranched alkanes of at least 4 members (excludes halogenated alkanes) is 10. The molecule has 0 bridgehead atoms. The van der Waals surface area contributed by atoms with Gasteiger partial charge in [-0.15, -0.1) is 0 Å². The van der Waals surface area contributed by atoms with Gasteiger partial charge in [0.2, 0.25) is 0 Å². The molecule has 0 aliphatic heterocycles. The highest BCUT2D eigenvalue weighted by Crippen LogP contribution is 2.23. The van der Waals surface area contributed by atoms with Gasteiger partial charge in [0, 0.05) is 6.21 Å². The molecule has 0 N–H and O–H groups in total. The Balaban J connectivity index is 1.03. The lowest BCUT2D eigenvalue weighted by atomic mass is 10.0. The molecule has 4 heteroatoms. The van der Waals surface area contributed by atoms with Gasteiger partial charge in [-0.1, -0.05) is 88.3 Å². The van der Waals surface area contributed by atoms with Crippen LogP contribution in [0, 0.1) is 11.3 Å². The maximum atomic E-state index is 8.96. The van der Waals surface area contributed by atoms with Crippen LogP contribution in [0.2, 0.25) is 0 Å². The fraction of sp³-hybridized carbons (Fsp3) is 0.381. The smallest absolute Gasteiger partial charge is 0.119 e. The topological polar surface area (TPSA) is 54.6 Å². The molecule has 0 radical (unpaired) electrons. The first-order chi connectivity index (χ1) is 22.7. The van der Waals surface area contributed by atoms with Crippen molar-refractivity contribution in [3.8, 4) is 28.7 Å². The summed E-state index contributed by atoms with van der Waals surface area (Å²) in [4.78, 5) is 4.66. The van der Waals surface area contributed by atoms with Gasteiger partial charge in [0.25, 0.3) is 0 Å². The van der Waals surface area contributed by atoms with E-state index in [1.165, 1.54) is 56.9 Å². The molecule has 4 rings (SSSR count). The van der Waals surface area contributed by atoms with Crippen molar-refractivity contribution in [2.75, 3.05) is 13.2 Å². The van der Waals surface area contributed by atoms with Gasteiger partial charge in [0.15, 0.2) is 0 Å². The average Bonchev–Trinajstić information content (AvgIpc) is 3.11. The van der Waals surface area contributed by atoms with Crippen molar-refractivity contribution in [3.63, 3.8) is 0 Å². The molecule has 0 amide bonds. The Kier molecular flexibility index (Phi) is 15.5. The molecule has 46 heavy (non-hydrogen) atoms. The van der Waals surface area contributed by atoms with E-state index in [-0.39, 0.29) is 0 Å². The predicted molar refractivity (Wildman–Crippen MR) is 193 cm³/mol. The molecule has 0 saturated heterocycles. The van der Waals surface area contributed by atoms with Gasteiger partial charge in [-0.2, -0.15) is 5.26 Å². The molecule has 0 aromatic heterocycles. The van der Waals surface area contributed by atoms with E-state index in [9.17, 15) is 0 Å². The summed E-state index contributed by atoms with van der Waals surface area (Å²) < 4.78 is 11.9. The quantitative estimate of drug-likeness (QED) is 0.0693.